The van der Waals surface area contributed by atoms with E-state index in [-0.39, 0.29) is 18.1 Å². The Balaban J connectivity index is 1.34. The highest BCUT2D eigenvalue weighted by Crippen LogP contribution is 2.22. The molecule has 7 heteroatoms. The molecule has 1 unspecified atom stereocenters. The lowest BCUT2D eigenvalue weighted by molar-refractivity contribution is -0.137. The molecule has 0 aliphatic carbocycles. The summed E-state index contributed by atoms with van der Waals surface area (Å²) in [6.07, 6.45) is 1.30. The Morgan fingerprint density at radius 1 is 0.881 bits per heavy atom. The Hall–Kier alpha value is -4.91. The van der Waals surface area contributed by atoms with Gasteiger partial charge in [0.15, 0.2) is 5.78 Å². The maximum Gasteiger partial charge on any atom is 0.326 e. The number of amides is 1. The second kappa shape index (κ2) is 14.6. The minimum atomic E-state index is -1.02. The van der Waals surface area contributed by atoms with Crippen LogP contribution in [-0.2, 0) is 16.0 Å². The molecule has 216 valence electrons. The monoisotopic (exact) mass is 564 g/mol. The first-order valence-electron chi connectivity index (χ1n) is 14.1. The van der Waals surface area contributed by atoms with Crippen LogP contribution in [0.2, 0.25) is 0 Å². The minimum Gasteiger partial charge on any atom is -0.494 e. The number of rotatable bonds is 14. The first kappa shape index (κ1) is 30.1. The van der Waals surface area contributed by atoms with Crippen molar-refractivity contribution in [3.05, 3.63) is 125 Å². The predicted octanol–water partition coefficient (Wildman–Crippen LogP) is 6.55. The van der Waals surface area contributed by atoms with Crippen molar-refractivity contribution in [1.82, 2.24) is 0 Å². The summed E-state index contributed by atoms with van der Waals surface area (Å²) in [7, 11) is 0. The van der Waals surface area contributed by atoms with E-state index in [2.05, 4.69) is 5.32 Å². The fourth-order valence-corrected chi connectivity index (χ4v) is 4.69. The molecule has 0 aliphatic rings. The fraction of sp³-hybridized carbons (Fsp3) is 0.229. The van der Waals surface area contributed by atoms with Crippen molar-refractivity contribution in [3.8, 4) is 5.75 Å². The van der Waals surface area contributed by atoms with Crippen molar-refractivity contribution in [2.24, 2.45) is 0 Å². The van der Waals surface area contributed by atoms with Gasteiger partial charge in [-0.3, -0.25) is 9.59 Å². The number of hydrogen-bond acceptors (Lipinski definition) is 5. The number of anilines is 2. The first-order valence-corrected chi connectivity index (χ1v) is 14.1. The van der Waals surface area contributed by atoms with Gasteiger partial charge in [0.25, 0.3) is 0 Å². The van der Waals surface area contributed by atoms with Gasteiger partial charge < -0.3 is 20.1 Å². The lowest BCUT2D eigenvalue weighted by Crippen LogP contribution is -2.32. The molecule has 0 saturated carbocycles. The number of carboxylic acid groups (broad SMARTS) is 1. The van der Waals surface area contributed by atoms with E-state index < -0.39 is 12.0 Å². The number of para-hydroxylation sites is 1. The summed E-state index contributed by atoms with van der Waals surface area (Å²) in [4.78, 5) is 39.5. The number of ketones is 1. The highest BCUT2D eigenvalue weighted by molar-refractivity contribution is 6.12. The molecule has 4 rings (SSSR count). The molecule has 1 atom stereocenters. The predicted molar refractivity (Wildman–Crippen MR) is 165 cm³/mol. The normalized spacial score (nSPS) is 11.4. The highest BCUT2D eigenvalue weighted by Gasteiger charge is 2.21. The molecule has 0 radical (unpaired) electrons. The van der Waals surface area contributed by atoms with E-state index in [9.17, 15) is 19.5 Å². The minimum absolute atomic E-state index is 0.0682. The number of hydrogen-bond donors (Lipinski definition) is 2. The Morgan fingerprint density at radius 2 is 1.60 bits per heavy atom. The summed E-state index contributed by atoms with van der Waals surface area (Å²) >= 11 is 0. The topological polar surface area (TPSA) is 95.9 Å². The van der Waals surface area contributed by atoms with Gasteiger partial charge in [-0.05, 0) is 60.9 Å². The second-order valence-corrected chi connectivity index (χ2v) is 10.1. The third-order valence-corrected chi connectivity index (χ3v) is 6.91. The smallest absolute Gasteiger partial charge is 0.326 e. The van der Waals surface area contributed by atoms with E-state index >= 15 is 0 Å². The lowest BCUT2D eigenvalue weighted by Gasteiger charge is -2.23. The number of aliphatic carboxylic acids is 1. The number of benzene rings is 4. The van der Waals surface area contributed by atoms with Crippen LogP contribution in [0.15, 0.2) is 103 Å². The molecule has 4 aromatic carbocycles. The molecule has 2 N–H and O–H groups in total. The first-order chi connectivity index (χ1) is 20.4. The number of carboxylic acids is 1. The molecule has 42 heavy (non-hydrogen) atoms. The van der Waals surface area contributed by atoms with E-state index in [1.165, 1.54) is 0 Å². The molecule has 0 spiro atoms. The van der Waals surface area contributed by atoms with Gasteiger partial charge in [-0.1, -0.05) is 73.7 Å². The van der Waals surface area contributed by atoms with Crippen molar-refractivity contribution in [2.75, 3.05) is 23.4 Å². The largest absolute Gasteiger partial charge is 0.494 e. The number of carbonyl (C=O) groups excluding carboxylic acids is 2. The van der Waals surface area contributed by atoms with Gasteiger partial charge in [-0.25, -0.2) is 4.79 Å². The molecule has 0 bridgehead atoms. The van der Waals surface area contributed by atoms with Crippen LogP contribution in [-0.4, -0.2) is 42.0 Å². The molecule has 0 saturated heterocycles. The molecule has 1 amide bonds. The highest BCUT2D eigenvalue weighted by atomic mass is 16.5. The molecule has 0 aromatic heterocycles. The van der Waals surface area contributed by atoms with Crippen LogP contribution in [0.3, 0.4) is 0 Å². The van der Waals surface area contributed by atoms with Crippen LogP contribution in [0.4, 0.5) is 11.4 Å². The average Bonchev–Trinajstić information content (AvgIpc) is 3.01. The van der Waals surface area contributed by atoms with E-state index in [4.69, 9.17) is 4.74 Å². The van der Waals surface area contributed by atoms with Crippen molar-refractivity contribution < 1.29 is 24.2 Å². The van der Waals surface area contributed by atoms with Crippen molar-refractivity contribution >= 4 is 29.0 Å². The molecule has 4 aromatic rings. The summed E-state index contributed by atoms with van der Waals surface area (Å²) in [5, 5.41) is 13.0. The number of nitrogens with one attached hydrogen (secondary N) is 1. The van der Waals surface area contributed by atoms with Gasteiger partial charge in [0, 0.05) is 41.9 Å². The van der Waals surface area contributed by atoms with Crippen LogP contribution >= 0.6 is 0 Å². The zero-order valence-electron chi connectivity index (χ0n) is 24.0. The van der Waals surface area contributed by atoms with Gasteiger partial charge in [0.05, 0.1) is 6.61 Å². The third-order valence-electron chi connectivity index (χ3n) is 6.91. The van der Waals surface area contributed by atoms with E-state index in [1.54, 1.807) is 53.4 Å². The maximum atomic E-state index is 13.1. The molecular weight excluding hydrogens is 528 g/mol. The van der Waals surface area contributed by atoms with Crippen molar-refractivity contribution in [3.63, 3.8) is 0 Å². The quantitative estimate of drug-likeness (QED) is 0.133. The molecule has 7 nitrogen and oxygen atoms in total. The molecular formula is C35H36N2O5. The summed E-state index contributed by atoms with van der Waals surface area (Å²) in [6, 6.07) is 30.1. The Labute approximate surface area is 246 Å². The summed E-state index contributed by atoms with van der Waals surface area (Å²) in [5.74, 6) is -0.456. The van der Waals surface area contributed by atoms with Crippen LogP contribution in [0.5, 0.6) is 5.75 Å². The van der Waals surface area contributed by atoms with E-state index in [0.717, 1.165) is 16.8 Å². The summed E-state index contributed by atoms with van der Waals surface area (Å²) in [5.41, 5.74) is 4.23. The van der Waals surface area contributed by atoms with Crippen LogP contribution in [0, 0.1) is 6.92 Å². The molecule has 0 aliphatic heterocycles. The SMILES string of the molecule is CCC(=O)N(CCCOc1ccc(CC(Nc2ccccc2C(=O)c2ccccc2)C(=O)O)cc1)c1cccc(C)c1. The molecule has 0 fully saturated rings. The summed E-state index contributed by atoms with van der Waals surface area (Å²) in [6.45, 7) is 4.85. The van der Waals surface area contributed by atoms with Crippen LogP contribution in [0.25, 0.3) is 0 Å². The Morgan fingerprint density at radius 3 is 2.29 bits per heavy atom. The standard InChI is InChI=1S/C35H36N2O5/c1-3-33(38)37(28-14-9-11-25(2)23-28)21-10-22-42-29-19-17-26(18-20-29)24-32(35(40)41)36-31-16-8-7-15-30(31)34(39)27-12-5-4-6-13-27/h4-9,11-20,23,32,36H,3,10,21-22,24H2,1-2H3,(H,40,41). The number of carbonyl (C=O) groups is 3. The van der Waals surface area contributed by atoms with Gasteiger partial charge in [0.1, 0.15) is 11.8 Å². The Bertz CT molecular complexity index is 1500. The number of nitrogens with zero attached hydrogens (tertiary/aromatic N) is 1. The van der Waals surface area contributed by atoms with Crippen LogP contribution in [0.1, 0.15) is 46.8 Å². The third kappa shape index (κ3) is 8.07. The number of ether oxygens (including phenoxy) is 1. The van der Waals surface area contributed by atoms with Crippen molar-refractivity contribution in [1.29, 1.82) is 0 Å². The summed E-state index contributed by atoms with van der Waals surface area (Å²) < 4.78 is 5.91. The average molecular weight is 565 g/mol. The van der Waals surface area contributed by atoms with Crippen LogP contribution < -0.4 is 15.0 Å². The Kier molecular flexibility index (Phi) is 10.5. The zero-order chi connectivity index (χ0) is 29.9. The van der Waals surface area contributed by atoms with Gasteiger partial charge >= 0.3 is 5.97 Å². The zero-order valence-corrected chi connectivity index (χ0v) is 24.0. The van der Waals surface area contributed by atoms with Gasteiger partial charge in [-0.2, -0.15) is 0 Å². The van der Waals surface area contributed by atoms with E-state index in [1.807, 2.05) is 68.4 Å². The second-order valence-electron chi connectivity index (χ2n) is 10.1. The van der Waals surface area contributed by atoms with Gasteiger partial charge in [-0.15, -0.1) is 0 Å². The molecule has 0 heterocycles. The van der Waals surface area contributed by atoms with E-state index in [0.29, 0.717) is 48.6 Å². The van der Waals surface area contributed by atoms with Crippen molar-refractivity contribution in [2.45, 2.75) is 39.2 Å². The number of aryl methyl sites for hydroxylation is 1. The van der Waals surface area contributed by atoms with Gasteiger partial charge in [0.2, 0.25) is 5.91 Å². The lowest BCUT2D eigenvalue weighted by atomic mass is 10.00. The fourth-order valence-electron chi connectivity index (χ4n) is 4.69. The maximum absolute atomic E-state index is 13.1.